The first-order chi connectivity index (χ1) is 61.6. The predicted octanol–water partition coefficient (Wildman–Crippen LogP) is 23.1. The number of aliphatic carboxylic acids is 2. The summed E-state index contributed by atoms with van der Waals surface area (Å²) in [6.07, 6.45) is 49.0. The third-order valence-electron chi connectivity index (χ3n) is 47.4. The molecule has 0 bridgehead atoms. The van der Waals surface area contributed by atoms with E-state index in [2.05, 4.69) is 83.1 Å². The number of ketones is 3. The van der Waals surface area contributed by atoms with Gasteiger partial charge in [0, 0.05) is 59.7 Å². The van der Waals surface area contributed by atoms with Crippen LogP contribution in [0.5, 0.6) is 0 Å². The van der Waals surface area contributed by atoms with Crippen molar-refractivity contribution in [2.75, 3.05) is 7.11 Å². The second-order valence-corrected chi connectivity index (χ2v) is 51.9. The number of benzene rings is 1. The fraction of sp³-hybridized carbons (Fsp3) is 0.886. The number of carboxylic acids is 2. The zero-order chi connectivity index (χ0) is 92.7. The molecule has 0 aliphatic heterocycles. The second-order valence-electron chi connectivity index (χ2n) is 51.9. The molecule has 20 saturated carbocycles. The number of aliphatic hydroxyl groups is 5. The molecule has 16 heteroatoms. The minimum atomic E-state index is -0.729. The Labute approximate surface area is 782 Å². The summed E-state index contributed by atoms with van der Waals surface area (Å²) in [7, 11) is 1.43. The van der Waals surface area contributed by atoms with Gasteiger partial charge in [-0.3, -0.25) is 28.8 Å². The summed E-state index contributed by atoms with van der Waals surface area (Å²) in [5.74, 6) is 13.2. The number of esters is 2. The molecule has 25 unspecified atom stereocenters. The fourth-order valence-corrected chi connectivity index (χ4v) is 39.8. The number of carboxylic acid groups (broad SMARTS) is 2. The largest absolute Gasteiger partial charge is 0.481 e. The highest BCUT2D eigenvalue weighted by molar-refractivity contribution is 5.90. The molecule has 0 radical (unpaired) electrons. The van der Waals surface area contributed by atoms with Gasteiger partial charge in [0.05, 0.1) is 49.1 Å². The van der Waals surface area contributed by atoms with Gasteiger partial charge in [-0.25, -0.2) is 4.79 Å². The number of rotatable bonds is 11. The molecule has 0 amide bonds. The van der Waals surface area contributed by atoms with E-state index in [1.54, 1.807) is 0 Å². The first-order valence-corrected chi connectivity index (χ1v) is 54.4. The lowest BCUT2D eigenvalue weighted by atomic mass is 9.43. The van der Waals surface area contributed by atoms with Gasteiger partial charge >= 0.3 is 23.9 Å². The van der Waals surface area contributed by atoms with E-state index < -0.39 is 18.0 Å². The average Bonchev–Trinajstić information content (AvgIpc) is 1.42. The Bertz CT molecular complexity index is 4240. The van der Waals surface area contributed by atoms with Crippen molar-refractivity contribution in [2.24, 2.45) is 202 Å². The smallest absolute Gasteiger partial charge is 0.338 e. The van der Waals surface area contributed by atoms with Gasteiger partial charge in [0.2, 0.25) is 0 Å². The maximum Gasteiger partial charge on any atom is 0.338 e. The summed E-state index contributed by atoms with van der Waals surface area (Å²) in [5, 5.41) is 70.9. The van der Waals surface area contributed by atoms with Crippen LogP contribution in [-0.2, 0) is 38.2 Å². The number of hydrogen-bond acceptors (Lipinski definition) is 14. The Morgan fingerprint density at radius 3 is 1.44 bits per heavy atom. The highest BCUT2D eigenvalue weighted by Crippen LogP contribution is 2.74. The van der Waals surface area contributed by atoms with Crippen LogP contribution in [0.25, 0.3) is 0 Å². The van der Waals surface area contributed by atoms with Crippen molar-refractivity contribution in [1.82, 2.24) is 0 Å². The summed E-state index contributed by atoms with van der Waals surface area (Å²) in [6, 6.07) is 9.45. The van der Waals surface area contributed by atoms with E-state index >= 15 is 0 Å². The topological polar surface area (TPSA) is 280 Å². The highest BCUT2D eigenvalue weighted by atomic mass is 16.5. The molecular weight excluding hydrogens is 1630 g/mol. The van der Waals surface area contributed by atoms with Gasteiger partial charge in [-0.05, 0) is 438 Å². The number of hydrogen-bond donors (Lipinski definition) is 7. The van der Waals surface area contributed by atoms with Crippen LogP contribution in [0.4, 0.5) is 0 Å². The van der Waals surface area contributed by atoms with Crippen LogP contribution in [0.1, 0.15) is 395 Å². The summed E-state index contributed by atoms with van der Waals surface area (Å²) >= 11 is 0. The van der Waals surface area contributed by atoms with E-state index in [4.69, 9.17) is 14.6 Å². The number of methoxy groups -OCH3 is 1. The molecule has 41 atom stereocenters. The van der Waals surface area contributed by atoms with Gasteiger partial charge in [0.25, 0.3) is 0 Å². The molecular formula is C114H176O16. The minimum absolute atomic E-state index is 0.0321. The van der Waals surface area contributed by atoms with Crippen molar-refractivity contribution < 1.29 is 78.8 Å². The van der Waals surface area contributed by atoms with Crippen molar-refractivity contribution in [2.45, 2.75) is 421 Å². The van der Waals surface area contributed by atoms with E-state index in [9.17, 15) is 64.2 Å². The van der Waals surface area contributed by atoms with Crippen LogP contribution in [0.3, 0.4) is 0 Å². The van der Waals surface area contributed by atoms with Crippen molar-refractivity contribution in [3.8, 4) is 0 Å². The lowest BCUT2D eigenvalue weighted by molar-refractivity contribution is -0.182. The minimum Gasteiger partial charge on any atom is -0.481 e. The third-order valence-corrected chi connectivity index (χ3v) is 47.4. The molecule has 21 rings (SSSR count). The molecule has 7 N–H and O–H groups in total. The van der Waals surface area contributed by atoms with Gasteiger partial charge in [0.15, 0.2) is 0 Å². The Kier molecular flexibility index (Phi) is 28.0. The highest BCUT2D eigenvalue weighted by Gasteiger charge is 2.70. The SMILES string of the molecule is CC(CCC(=O)O)C1CCC2C3CCC4C[C@H](O)CC[C@]4(C)C3CC(=O)[C@]12C.COC(=O)CCC(C)C1CCC2C3C(=O)CC4C[C@H](O)CC[C@]4(C)C3C[C@H](O)[C@]12C.C[C@@]12CCC3C(CC[C@H]4CCCC[C@]34C)C1CCC2=O.C[C@]12CCC3C(CC[C@H]4CC(O)CC[C@]34C)C1CCC2OC(=O)c1ccccc1.C[C@]12CC[C@@H](O)CC1CCC1C2CC[C@]2(C)C(C(=O)O)CCC12. The van der Waals surface area contributed by atoms with Crippen LogP contribution in [0.2, 0.25) is 0 Å². The van der Waals surface area contributed by atoms with E-state index in [0.29, 0.717) is 142 Å². The predicted molar refractivity (Wildman–Crippen MR) is 505 cm³/mol. The molecule has 20 fully saturated rings. The van der Waals surface area contributed by atoms with Gasteiger partial charge in [-0.1, -0.05) is 114 Å². The Hall–Kier alpha value is -4.09. The first-order valence-electron chi connectivity index (χ1n) is 54.4. The number of Topliss-reactive ketones (excluding diaryl/α,β-unsaturated/α-hetero) is 3. The van der Waals surface area contributed by atoms with Crippen LogP contribution < -0.4 is 0 Å². The number of carbonyl (C=O) groups is 7. The Morgan fingerprint density at radius 1 is 0.400 bits per heavy atom. The zero-order valence-corrected chi connectivity index (χ0v) is 82.8. The number of fused-ring (bicyclic) bond motifs is 25. The van der Waals surface area contributed by atoms with Crippen LogP contribution in [0, 0.1) is 202 Å². The van der Waals surface area contributed by atoms with Crippen molar-refractivity contribution >= 4 is 41.2 Å². The fourth-order valence-electron chi connectivity index (χ4n) is 39.8. The lowest BCUT2D eigenvalue weighted by Gasteiger charge is -2.61. The van der Waals surface area contributed by atoms with E-state index in [1.807, 2.05) is 30.3 Å². The molecule has 20 aliphatic rings. The van der Waals surface area contributed by atoms with E-state index in [-0.39, 0.29) is 116 Å². The van der Waals surface area contributed by atoms with Crippen molar-refractivity contribution in [1.29, 1.82) is 0 Å². The van der Waals surface area contributed by atoms with Gasteiger partial charge in [-0.15, -0.1) is 0 Å². The van der Waals surface area contributed by atoms with Gasteiger partial charge < -0.3 is 45.2 Å². The summed E-state index contributed by atoms with van der Waals surface area (Å²) in [5.41, 5.74) is 2.07. The molecule has 20 aliphatic carbocycles. The number of ether oxygens (including phenoxy) is 2. The molecule has 0 spiro atoms. The standard InChI is InChI=1S/C26H36O3.C25H40O5.C24H38O4.C20H32O3.C19H30O/c1-25-14-12-19(27)16-18(25)8-9-20-21-10-11-23(26(21,2)15-13-22(20)25)29-24(28)17-6-4-3-5-7-17;1-14(5-8-22(29)30-4)17-6-7-18-23-19(13-21(28)25(17,18)3)24(2)10-9-16(26)11-15(24)12-20(23)27;1-14(4-9-22(27)28)18-7-8-19-17-6-5-15-12-16(25)10-11-23(15,2)20(17)13-21(26)24(18,19)3;1-19-9-7-13(21)11-12(19)3-4-14-15-5-6-17(18(22)23)20(15,2)10-8-16(14)19;1-18-11-4-3-5-13(18)6-7-14-15-8-9-17(20)19(15,2)12-10-16(14)18/h3-7,18-23,27H,8-16H2,1-2H3;14-19,21,23,26,28H,5-13H2,1-4H3;14-20,25H,4-13H2,1-3H3,(H,27,28);12-17,21H,3-11H2,1-2H3,(H,22,23);13-16H,3-12H2,1-2H3/t18-,19?,20?,21?,22?,23?,25-,26-;14?,15?,16-,17?,18?,19?,21+,23?,24+,25-;14?,15?,16-,17?,18?,19?,20?,23+,24-;12?,13-,14?,15?,16?,17?,19+,20+;13-,14?,15?,16?,18+,19-/m01111/s1. The lowest BCUT2D eigenvalue weighted by Crippen LogP contribution is -2.61. The molecule has 1 aromatic rings. The first kappa shape index (κ1) is 97.6. The zero-order valence-electron chi connectivity index (χ0n) is 82.8. The molecule has 0 aromatic heterocycles. The molecule has 728 valence electrons. The van der Waals surface area contributed by atoms with Gasteiger partial charge in [-0.2, -0.15) is 0 Å². The van der Waals surface area contributed by atoms with E-state index in [0.717, 1.165) is 176 Å². The van der Waals surface area contributed by atoms with Crippen molar-refractivity contribution in [3.63, 3.8) is 0 Å². The quantitative estimate of drug-likeness (QED) is 0.101. The molecule has 1 aromatic carbocycles. The monoisotopic (exact) mass is 1800 g/mol. The maximum atomic E-state index is 13.6. The number of carbonyl (C=O) groups excluding carboxylic acids is 5. The summed E-state index contributed by atoms with van der Waals surface area (Å²) < 4.78 is 10.9. The molecule has 130 heavy (non-hydrogen) atoms. The van der Waals surface area contributed by atoms with Gasteiger partial charge in [0.1, 0.15) is 23.5 Å². The number of aliphatic hydroxyl groups excluding tert-OH is 5. The van der Waals surface area contributed by atoms with E-state index in [1.165, 1.54) is 142 Å². The Balaban J connectivity index is 0.000000115. The summed E-state index contributed by atoms with van der Waals surface area (Å²) in [6.45, 7) is 28.2. The average molecular weight is 1800 g/mol. The molecule has 0 saturated heterocycles. The molecule has 0 heterocycles. The summed E-state index contributed by atoms with van der Waals surface area (Å²) in [4.78, 5) is 86.6. The Morgan fingerprint density at radius 2 is 0.862 bits per heavy atom. The molecule has 16 nitrogen and oxygen atoms in total. The third kappa shape index (κ3) is 16.7. The van der Waals surface area contributed by atoms with Crippen LogP contribution in [-0.4, -0.2) is 121 Å². The normalized spacial score (nSPS) is 50.5. The maximum absolute atomic E-state index is 13.6. The van der Waals surface area contributed by atoms with Crippen molar-refractivity contribution in [3.05, 3.63) is 35.9 Å². The van der Waals surface area contributed by atoms with Crippen LogP contribution >= 0.6 is 0 Å². The van der Waals surface area contributed by atoms with Crippen LogP contribution in [0.15, 0.2) is 30.3 Å². The second kappa shape index (κ2) is 37.2.